The average molecular weight is 369 g/mol. The Labute approximate surface area is 155 Å². The van der Waals surface area contributed by atoms with Crippen LogP contribution < -0.4 is 0 Å². The fraction of sp³-hybridized carbons (Fsp3) is 0.200. The summed E-state index contributed by atoms with van der Waals surface area (Å²) in [5.41, 5.74) is 0.440. The van der Waals surface area contributed by atoms with E-state index in [-0.39, 0.29) is 17.5 Å². The van der Waals surface area contributed by atoms with Crippen molar-refractivity contribution < 1.29 is 19.7 Å². The predicted octanol–water partition coefficient (Wildman–Crippen LogP) is 4.75. The molecule has 6 heteroatoms. The number of unbranched alkanes of at least 4 members (excludes halogenated alkanes) is 1. The van der Waals surface area contributed by atoms with Crippen molar-refractivity contribution in [2.24, 2.45) is 0 Å². The fourth-order valence-electron chi connectivity index (χ4n) is 2.49. The summed E-state index contributed by atoms with van der Waals surface area (Å²) in [7, 11) is 0. The number of para-hydroxylation sites is 1. The maximum atomic E-state index is 12.3. The summed E-state index contributed by atoms with van der Waals surface area (Å²) in [6, 6.07) is 10.4. The number of hydrogen-bond acceptors (Lipinski definition) is 6. The zero-order valence-corrected chi connectivity index (χ0v) is 15.1. The molecule has 0 fully saturated rings. The molecule has 0 saturated carbocycles. The van der Waals surface area contributed by atoms with Gasteiger partial charge in [0.1, 0.15) is 0 Å². The lowest BCUT2D eigenvalue weighted by molar-refractivity contribution is 0.0501. The second-order valence-corrected chi connectivity index (χ2v) is 6.90. The maximum Gasteiger partial charge on any atom is 0.340 e. The second-order valence-electron chi connectivity index (χ2n) is 5.79. The number of esters is 1. The number of rotatable bonds is 6. The number of nitrogens with zero attached hydrogens (tertiary/aromatic N) is 1. The first-order valence-electron chi connectivity index (χ1n) is 8.34. The lowest BCUT2D eigenvalue weighted by Gasteiger charge is -2.09. The first kappa shape index (κ1) is 18.1. The first-order valence-corrected chi connectivity index (χ1v) is 9.15. The van der Waals surface area contributed by atoms with E-state index in [0.29, 0.717) is 17.1 Å². The molecule has 0 amide bonds. The molecular formula is C20H19NO4S. The van der Waals surface area contributed by atoms with Crippen LogP contribution in [0.25, 0.3) is 10.8 Å². The highest BCUT2D eigenvalue weighted by Crippen LogP contribution is 2.40. The van der Waals surface area contributed by atoms with E-state index < -0.39 is 0 Å². The summed E-state index contributed by atoms with van der Waals surface area (Å²) < 4.78 is 5.29. The van der Waals surface area contributed by atoms with Gasteiger partial charge in [-0.2, -0.15) is 0 Å². The minimum absolute atomic E-state index is 0.149. The number of aromatic nitrogens is 1. The van der Waals surface area contributed by atoms with Gasteiger partial charge in [0.15, 0.2) is 11.5 Å². The molecule has 134 valence electrons. The zero-order chi connectivity index (χ0) is 18.5. The highest BCUT2D eigenvalue weighted by atomic mass is 32.2. The third kappa shape index (κ3) is 3.91. The van der Waals surface area contributed by atoms with Gasteiger partial charge in [-0.1, -0.05) is 37.2 Å². The average Bonchev–Trinajstić information content (AvgIpc) is 2.65. The van der Waals surface area contributed by atoms with Crippen molar-refractivity contribution in [3.8, 4) is 11.5 Å². The molecule has 26 heavy (non-hydrogen) atoms. The van der Waals surface area contributed by atoms with Gasteiger partial charge in [-0.15, -0.1) is 0 Å². The Balaban J connectivity index is 1.88. The summed E-state index contributed by atoms with van der Waals surface area (Å²) in [5, 5.41) is 21.1. The van der Waals surface area contributed by atoms with E-state index in [1.54, 1.807) is 18.3 Å². The molecule has 0 saturated heterocycles. The monoisotopic (exact) mass is 369 g/mol. The Hall–Kier alpha value is -2.73. The predicted molar refractivity (Wildman–Crippen MR) is 101 cm³/mol. The molecule has 0 unspecified atom stereocenters. The molecule has 5 nitrogen and oxygen atoms in total. The quantitative estimate of drug-likeness (QED) is 0.371. The highest BCUT2D eigenvalue weighted by molar-refractivity contribution is 7.99. The standard InChI is InChI=1S/C20H19NO4S/c1-2-3-9-25-20(24)16-12-21-11-13-10-14(7-8-15(13)16)26-18-6-4-5-17(22)19(18)23/h4-8,10-12,22-23H,2-3,9H2,1H3. The van der Waals surface area contributed by atoms with Crippen LogP contribution in [0.15, 0.2) is 58.6 Å². The van der Waals surface area contributed by atoms with Crippen molar-refractivity contribution in [2.45, 2.75) is 29.6 Å². The Morgan fingerprint density at radius 3 is 2.85 bits per heavy atom. The first-order chi connectivity index (χ1) is 12.6. The topological polar surface area (TPSA) is 79.7 Å². The van der Waals surface area contributed by atoms with Crippen LogP contribution in [0.2, 0.25) is 0 Å². The van der Waals surface area contributed by atoms with Crippen molar-refractivity contribution in [2.75, 3.05) is 6.61 Å². The summed E-state index contributed by atoms with van der Waals surface area (Å²) >= 11 is 1.32. The van der Waals surface area contributed by atoms with Gasteiger partial charge < -0.3 is 14.9 Å². The van der Waals surface area contributed by atoms with Crippen LogP contribution in [-0.2, 0) is 4.74 Å². The summed E-state index contributed by atoms with van der Waals surface area (Å²) in [6.07, 6.45) is 5.00. The number of ether oxygens (including phenoxy) is 1. The number of pyridine rings is 1. The molecular weight excluding hydrogens is 350 g/mol. The normalized spacial score (nSPS) is 10.8. The Morgan fingerprint density at radius 2 is 2.04 bits per heavy atom. The van der Waals surface area contributed by atoms with Gasteiger partial charge in [0.05, 0.1) is 17.1 Å². The van der Waals surface area contributed by atoms with Gasteiger partial charge in [-0.25, -0.2) is 4.79 Å². The number of carbonyl (C=O) groups is 1. The number of fused-ring (bicyclic) bond motifs is 1. The number of carbonyl (C=O) groups excluding carboxylic acids is 1. The van der Waals surface area contributed by atoms with Gasteiger partial charge in [0.25, 0.3) is 0 Å². The molecule has 3 aromatic rings. The van der Waals surface area contributed by atoms with Crippen LogP contribution in [0.1, 0.15) is 30.1 Å². The molecule has 0 aliphatic carbocycles. The lowest BCUT2D eigenvalue weighted by atomic mass is 10.1. The fourth-order valence-corrected chi connectivity index (χ4v) is 3.41. The highest BCUT2D eigenvalue weighted by Gasteiger charge is 2.13. The number of phenols is 2. The SMILES string of the molecule is CCCCOC(=O)c1cncc2cc(Sc3cccc(O)c3O)ccc12. The Morgan fingerprint density at radius 1 is 1.19 bits per heavy atom. The van der Waals surface area contributed by atoms with E-state index in [0.717, 1.165) is 28.5 Å². The van der Waals surface area contributed by atoms with E-state index in [4.69, 9.17) is 4.74 Å². The number of hydrogen-bond donors (Lipinski definition) is 2. The van der Waals surface area contributed by atoms with E-state index in [9.17, 15) is 15.0 Å². The van der Waals surface area contributed by atoms with Crippen molar-refractivity contribution >= 4 is 28.5 Å². The third-order valence-electron chi connectivity index (χ3n) is 3.89. The van der Waals surface area contributed by atoms with Gasteiger partial charge in [-0.05, 0) is 36.1 Å². The smallest absolute Gasteiger partial charge is 0.340 e. The molecule has 0 radical (unpaired) electrons. The van der Waals surface area contributed by atoms with Crippen LogP contribution in [0.4, 0.5) is 0 Å². The maximum absolute atomic E-state index is 12.3. The van der Waals surface area contributed by atoms with Crippen molar-refractivity contribution in [1.29, 1.82) is 0 Å². The lowest BCUT2D eigenvalue weighted by Crippen LogP contribution is -2.07. The van der Waals surface area contributed by atoms with Crippen LogP contribution in [0, 0.1) is 0 Å². The zero-order valence-electron chi connectivity index (χ0n) is 14.3. The Kier molecular flexibility index (Phi) is 5.63. The molecule has 0 atom stereocenters. The van der Waals surface area contributed by atoms with Crippen LogP contribution in [0.5, 0.6) is 11.5 Å². The van der Waals surface area contributed by atoms with Crippen molar-refractivity contribution in [3.63, 3.8) is 0 Å². The number of benzene rings is 2. The molecule has 3 rings (SSSR count). The molecule has 0 spiro atoms. The molecule has 0 bridgehead atoms. The third-order valence-corrected chi connectivity index (χ3v) is 4.93. The van der Waals surface area contributed by atoms with E-state index >= 15 is 0 Å². The summed E-state index contributed by atoms with van der Waals surface area (Å²) in [5.74, 6) is -0.680. The molecule has 0 aliphatic rings. The molecule has 1 heterocycles. The number of aromatic hydroxyl groups is 2. The molecule has 2 N–H and O–H groups in total. The van der Waals surface area contributed by atoms with E-state index in [1.807, 2.05) is 25.1 Å². The van der Waals surface area contributed by atoms with E-state index in [1.165, 1.54) is 24.0 Å². The molecule has 0 aliphatic heterocycles. The van der Waals surface area contributed by atoms with Crippen LogP contribution in [0.3, 0.4) is 0 Å². The minimum atomic E-state index is -0.373. The van der Waals surface area contributed by atoms with Crippen molar-refractivity contribution in [3.05, 3.63) is 54.4 Å². The number of phenolic OH excluding ortho intramolecular Hbond substituents is 2. The largest absolute Gasteiger partial charge is 0.504 e. The Bertz CT molecular complexity index is 942. The van der Waals surface area contributed by atoms with Crippen LogP contribution >= 0.6 is 11.8 Å². The minimum Gasteiger partial charge on any atom is -0.504 e. The van der Waals surface area contributed by atoms with Crippen molar-refractivity contribution in [1.82, 2.24) is 4.98 Å². The van der Waals surface area contributed by atoms with Gasteiger partial charge in [0, 0.05) is 22.7 Å². The van der Waals surface area contributed by atoms with Gasteiger partial charge in [0.2, 0.25) is 0 Å². The summed E-state index contributed by atoms with van der Waals surface area (Å²) in [4.78, 5) is 17.8. The van der Waals surface area contributed by atoms with E-state index in [2.05, 4.69) is 4.98 Å². The molecule has 2 aromatic carbocycles. The van der Waals surface area contributed by atoms with Gasteiger partial charge >= 0.3 is 5.97 Å². The van der Waals surface area contributed by atoms with Gasteiger partial charge in [-0.3, -0.25) is 4.98 Å². The second kappa shape index (κ2) is 8.10. The summed E-state index contributed by atoms with van der Waals surface area (Å²) in [6.45, 7) is 2.44. The van der Waals surface area contributed by atoms with Crippen LogP contribution in [-0.4, -0.2) is 27.8 Å². The molecule has 1 aromatic heterocycles.